The van der Waals surface area contributed by atoms with Gasteiger partial charge in [0.05, 0.1) is 6.10 Å². The van der Waals surface area contributed by atoms with E-state index < -0.39 is 0 Å². The van der Waals surface area contributed by atoms with Crippen molar-refractivity contribution in [3.05, 3.63) is 30.1 Å². The molecule has 2 atom stereocenters. The number of β-amino-alcohol motifs (C(OH)–C–C–N with tert-alkyl or cyclic N) is 1. The first-order valence-corrected chi connectivity index (χ1v) is 7.67. The minimum absolute atomic E-state index is 0. The van der Waals surface area contributed by atoms with Gasteiger partial charge in [0, 0.05) is 42.6 Å². The number of carbonyl (C=O) groups excluding carboxylic acids is 1. The molecule has 0 saturated carbocycles. The van der Waals surface area contributed by atoms with Gasteiger partial charge in [-0.1, -0.05) is 0 Å². The van der Waals surface area contributed by atoms with Crippen LogP contribution in [0.3, 0.4) is 0 Å². The molecule has 1 fully saturated rings. The maximum absolute atomic E-state index is 12.7. The summed E-state index contributed by atoms with van der Waals surface area (Å²) in [5.74, 6) is 0.487. The fourth-order valence-electron chi connectivity index (χ4n) is 2.05. The highest BCUT2D eigenvalue weighted by atomic mass is 35.5. The molecule has 2 rings (SSSR count). The summed E-state index contributed by atoms with van der Waals surface area (Å²) in [7, 11) is 0. The lowest BCUT2D eigenvalue weighted by molar-refractivity contribution is -0.120. The number of amides is 1. The second-order valence-electron chi connectivity index (χ2n) is 4.84. The number of halogens is 2. The zero-order chi connectivity index (χ0) is 14.4. The van der Waals surface area contributed by atoms with E-state index in [1.807, 2.05) is 0 Å². The van der Waals surface area contributed by atoms with E-state index in [9.17, 15) is 14.3 Å². The molecular weight excluding hydrogens is 315 g/mol. The third-order valence-electron chi connectivity index (χ3n) is 3.28. The fraction of sp³-hybridized carbons (Fsp3) is 0.500. The number of hydrogen-bond donors (Lipinski definition) is 3. The van der Waals surface area contributed by atoms with Crippen molar-refractivity contribution >= 4 is 30.1 Å². The first-order valence-electron chi connectivity index (χ1n) is 6.69. The molecule has 7 heteroatoms. The molecule has 0 radical (unpaired) electrons. The summed E-state index contributed by atoms with van der Waals surface area (Å²) in [6.45, 7) is 1.85. The Kier molecular flexibility index (Phi) is 8.03. The topological polar surface area (TPSA) is 61.4 Å². The third kappa shape index (κ3) is 6.22. The van der Waals surface area contributed by atoms with E-state index in [1.165, 1.54) is 23.9 Å². The predicted octanol–water partition coefficient (Wildman–Crippen LogP) is 1.43. The molecule has 1 saturated heterocycles. The number of benzene rings is 1. The van der Waals surface area contributed by atoms with Crippen LogP contribution in [0.1, 0.15) is 6.42 Å². The van der Waals surface area contributed by atoms with Crippen LogP contribution in [0.5, 0.6) is 0 Å². The van der Waals surface area contributed by atoms with Crippen LogP contribution in [0, 0.1) is 11.7 Å². The monoisotopic (exact) mass is 334 g/mol. The average Bonchev–Trinajstić information content (AvgIpc) is 2.84. The second kappa shape index (κ2) is 9.25. The van der Waals surface area contributed by atoms with E-state index in [1.54, 1.807) is 12.1 Å². The minimum Gasteiger partial charge on any atom is -0.391 e. The van der Waals surface area contributed by atoms with E-state index in [0.717, 1.165) is 11.4 Å². The largest absolute Gasteiger partial charge is 0.391 e. The van der Waals surface area contributed by atoms with Crippen LogP contribution in [-0.2, 0) is 4.79 Å². The molecule has 0 aliphatic carbocycles. The van der Waals surface area contributed by atoms with Crippen LogP contribution in [0.2, 0.25) is 0 Å². The number of aliphatic hydroxyl groups excluding tert-OH is 1. The van der Waals surface area contributed by atoms with Gasteiger partial charge in [-0.15, -0.1) is 24.2 Å². The van der Waals surface area contributed by atoms with E-state index in [-0.39, 0.29) is 36.2 Å². The van der Waals surface area contributed by atoms with Gasteiger partial charge in [-0.05, 0) is 24.3 Å². The van der Waals surface area contributed by atoms with Crippen molar-refractivity contribution in [2.75, 3.05) is 25.4 Å². The lowest BCUT2D eigenvalue weighted by Crippen LogP contribution is -2.34. The first-order chi connectivity index (χ1) is 9.65. The number of thioether (sulfide) groups is 1. The van der Waals surface area contributed by atoms with Crippen LogP contribution in [0.4, 0.5) is 4.39 Å². The Labute approximate surface area is 134 Å². The lowest BCUT2D eigenvalue weighted by atomic mass is 10.1. The summed E-state index contributed by atoms with van der Waals surface area (Å²) in [5, 5.41) is 15.5. The van der Waals surface area contributed by atoms with Gasteiger partial charge < -0.3 is 15.7 Å². The zero-order valence-corrected chi connectivity index (χ0v) is 13.2. The summed E-state index contributed by atoms with van der Waals surface area (Å²) < 4.78 is 12.7. The van der Waals surface area contributed by atoms with E-state index in [2.05, 4.69) is 10.6 Å². The van der Waals surface area contributed by atoms with E-state index >= 15 is 0 Å². The highest BCUT2D eigenvalue weighted by Crippen LogP contribution is 2.18. The molecule has 1 aliphatic rings. The van der Waals surface area contributed by atoms with Gasteiger partial charge in [-0.25, -0.2) is 4.39 Å². The average molecular weight is 335 g/mol. The third-order valence-corrected chi connectivity index (χ3v) is 4.29. The molecule has 1 aromatic rings. The highest BCUT2D eigenvalue weighted by Gasteiger charge is 2.24. The van der Waals surface area contributed by atoms with Crippen LogP contribution < -0.4 is 10.6 Å². The van der Waals surface area contributed by atoms with Crippen LogP contribution in [0.15, 0.2) is 29.2 Å². The number of nitrogens with one attached hydrogen (secondary N) is 2. The van der Waals surface area contributed by atoms with Crippen molar-refractivity contribution in [3.8, 4) is 0 Å². The molecule has 2 unspecified atom stereocenters. The highest BCUT2D eigenvalue weighted by molar-refractivity contribution is 7.99. The van der Waals surface area contributed by atoms with Gasteiger partial charge in [-0.2, -0.15) is 0 Å². The molecule has 0 spiro atoms. The molecule has 3 N–H and O–H groups in total. The zero-order valence-electron chi connectivity index (χ0n) is 11.5. The molecule has 1 amide bonds. The molecule has 21 heavy (non-hydrogen) atoms. The first kappa shape index (κ1) is 18.2. The van der Waals surface area contributed by atoms with Crippen molar-refractivity contribution in [1.82, 2.24) is 10.6 Å². The summed E-state index contributed by atoms with van der Waals surface area (Å²) >= 11 is 1.53. The molecule has 1 heterocycles. The van der Waals surface area contributed by atoms with Crippen molar-refractivity contribution < 1.29 is 14.3 Å². The molecule has 1 aromatic carbocycles. The fourth-order valence-corrected chi connectivity index (χ4v) is 2.90. The predicted molar refractivity (Wildman–Crippen MR) is 84.4 cm³/mol. The lowest BCUT2D eigenvalue weighted by Gasteiger charge is -2.13. The quantitative estimate of drug-likeness (QED) is 0.689. The van der Waals surface area contributed by atoms with Gasteiger partial charge in [0.15, 0.2) is 0 Å². The Morgan fingerprint density at radius 2 is 2.10 bits per heavy atom. The Hall–Kier alpha value is -0.820. The van der Waals surface area contributed by atoms with Crippen molar-refractivity contribution in [2.45, 2.75) is 17.4 Å². The van der Waals surface area contributed by atoms with Gasteiger partial charge in [-0.3, -0.25) is 4.79 Å². The Bertz CT molecular complexity index is 447. The molecule has 0 bridgehead atoms. The Morgan fingerprint density at radius 3 is 2.71 bits per heavy atom. The van der Waals surface area contributed by atoms with Crippen LogP contribution in [-0.4, -0.2) is 42.5 Å². The number of hydrogen-bond acceptors (Lipinski definition) is 4. The van der Waals surface area contributed by atoms with E-state index in [0.29, 0.717) is 25.3 Å². The van der Waals surface area contributed by atoms with Gasteiger partial charge in [0.1, 0.15) is 5.82 Å². The van der Waals surface area contributed by atoms with Crippen LogP contribution in [0.25, 0.3) is 0 Å². The number of rotatable bonds is 6. The molecule has 4 nitrogen and oxygen atoms in total. The summed E-state index contributed by atoms with van der Waals surface area (Å²) in [6, 6.07) is 6.24. The number of carbonyl (C=O) groups is 1. The molecule has 1 aliphatic heterocycles. The maximum atomic E-state index is 12.7. The summed E-state index contributed by atoms with van der Waals surface area (Å²) in [6.07, 6.45) is 0.0436. The van der Waals surface area contributed by atoms with Gasteiger partial charge in [0.2, 0.25) is 5.91 Å². The molecule has 0 aromatic heterocycles. The second-order valence-corrected chi connectivity index (χ2v) is 6.01. The smallest absolute Gasteiger partial charge is 0.220 e. The Morgan fingerprint density at radius 1 is 1.38 bits per heavy atom. The van der Waals surface area contributed by atoms with Crippen molar-refractivity contribution in [1.29, 1.82) is 0 Å². The van der Waals surface area contributed by atoms with Gasteiger partial charge >= 0.3 is 0 Å². The summed E-state index contributed by atoms with van der Waals surface area (Å²) in [5.41, 5.74) is 0. The van der Waals surface area contributed by atoms with Crippen LogP contribution >= 0.6 is 24.2 Å². The number of aliphatic hydroxyl groups is 1. The summed E-state index contributed by atoms with van der Waals surface area (Å²) in [4.78, 5) is 12.6. The standard InChI is InChI=1S/C14H19FN2O2S.ClH/c15-11-1-3-12(4-2-11)20-6-5-14(19)17-8-10-7-16-9-13(10)18;/h1-4,10,13,16,18H,5-9H2,(H,17,19);1H. The molecule has 118 valence electrons. The molecular formula is C14H20ClFN2O2S. The Balaban J connectivity index is 0.00000220. The minimum atomic E-state index is -0.371. The van der Waals surface area contributed by atoms with E-state index in [4.69, 9.17) is 0 Å². The normalized spacial score (nSPS) is 20.9. The maximum Gasteiger partial charge on any atom is 0.220 e. The SMILES string of the molecule is Cl.O=C(CCSc1ccc(F)cc1)NCC1CNCC1O. The van der Waals surface area contributed by atoms with Crippen molar-refractivity contribution in [3.63, 3.8) is 0 Å². The van der Waals surface area contributed by atoms with Gasteiger partial charge in [0.25, 0.3) is 0 Å². The van der Waals surface area contributed by atoms with Crippen molar-refractivity contribution in [2.24, 2.45) is 5.92 Å².